The molecule has 0 radical (unpaired) electrons. The van der Waals surface area contributed by atoms with Crippen molar-refractivity contribution in [2.45, 2.75) is 70.0 Å². The lowest BCUT2D eigenvalue weighted by Gasteiger charge is -2.51. The van der Waals surface area contributed by atoms with E-state index in [1.165, 1.54) is 12.4 Å². The van der Waals surface area contributed by atoms with Crippen molar-refractivity contribution in [2.75, 3.05) is 13.1 Å². The van der Waals surface area contributed by atoms with Crippen LogP contribution in [-0.4, -0.2) is 55.5 Å². The SMILES string of the molecule is CC1(CN(CC(=O)c2c(Cl)cncc2Cl)C(=O)c2cnn(C34CCC(C(=O)O)(CC3)CC4)c2C(F)(F)F)CC1. The van der Waals surface area contributed by atoms with E-state index in [2.05, 4.69) is 10.1 Å². The highest BCUT2D eigenvalue weighted by molar-refractivity contribution is 6.39. The maximum Gasteiger partial charge on any atom is 0.433 e. The fourth-order valence-corrected chi connectivity index (χ4v) is 6.65. The van der Waals surface area contributed by atoms with Gasteiger partial charge in [-0.25, -0.2) is 0 Å². The van der Waals surface area contributed by atoms with Crippen LogP contribution >= 0.6 is 23.2 Å². The van der Waals surface area contributed by atoms with Gasteiger partial charge in [-0.2, -0.15) is 18.3 Å². The van der Waals surface area contributed by atoms with Crippen LogP contribution in [0.25, 0.3) is 0 Å². The van der Waals surface area contributed by atoms with Gasteiger partial charge in [-0.05, 0) is 56.8 Å². The molecule has 1 amide bonds. The van der Waals surface area contributed by atoms with Crippen LogP contribution in [0.1, 0.15) is 84.7 Å². The van der Waals surface area contributed by atoms with E-state index in [1.807, 2.05) is 6.92 Å². The molecule has 2 aromatic rings. The summed E-state index contributed by atoms with van der Waals surface area (Å²) in [6.45, 7) is 1.45. The number of carboxylic acid groups (broad SMARTS) is 1. The Morgan fingerprint density at radius 2 is 1.56 bits per heavy atom. The van der Waals surface area contributed by atoms with E-state index < -0.39 is 52.6 Å². The number of Topliss-reactive ketones (excluding diaryl/α,β-unsaturated/α-hetero) is 1. The van der Waals surface area contributed by atoms with Crippen LogP contribution in [0.5, 0.6) is 0 Å². The highest BCUT2D eigenvalue weighted by Gasteiger charge is 2.56. The summed E-state index contributed by atoms with van der Waals surface area (Å²) < 4.78 is 44.7. The maximum absolute atomic E-state index is 14.6. The number of hydrogen-bond donors (Lipinski definition) is 1. The van der Waals surface area contributed by atoms with Crippen LogP contribution < -0.4 is 0 Å². The first kappa shape index (κ1) is 27.9. The van der Waals surface area contributed by atoms with Crippen LogP contribution in [0.2, 0.25) is 10.0 Å². The molecule has 1 N–H and O–H groups in total. The van der Waals surface area contributed by atoms with E-state index in [0.29, 0.717) is 0 Å². The summed E-state index contributed by atoms with van der Waals surface area (Å²) in [5, 5.41) is 13.7. The fourth-order valence-electron chi connectivity index (χ4n) is 6.07. The number of carboxylic acids is 1. The molecule has 2 bridgehead atoms. The van der Waals surface area contributed by atoms with Gasteiger partial charge in [-0.15, -0.1) is 0 Å². The predicted octanol–water partition coefficient (Wildman–Crippen LogP) is 5.86. The number of alkyl halides is 3. The molecule has 210 valence electrons. The zero-order valence-corrected chi connectivity index (χ0v) is 22.7. The minimum atomic E-state index is -4.91. The standard InChI is InChI=1S/C26H27Cl2F3N4O4/c1-23(2-3-23)14-34(13-18(36)19-16(27)11-32-12-17(19)28)21(37)15-10-33-35(20(15)26(29,30)31)25-7-4-24(5-8-25,6-9-25)22(38)39/h10-12H,2-9,13-14H2,1H3,(H,38,39). The second-order valence-corrected chi connectivity index (χ2v) is 12.3. The number of pyridine rings is 1. The van der Waals surface area contributed by atoms with Crippen molar-refractivity contribution >= 4 is 40.9 Å². The molecule has 6 rings (SSSR count). The van der Waals surface area contributed by atoms with Crippen LogP contribution in [0.4, 0.5) is 13.2 Å². The van der Waals surface area contributed by atoms with Gasteiger partial charge in [-0.3, -0.25) is 24.0 Å². The normalized spacial score (nSPS) is 25.4. The quantitative estimate of drug-likeness (QED) is 0.388. The van der Waals surface area contributed by atoms with E-state index in [9.17, 15) is 32.7 Å². The third-order valence-corrected chi connectivity index (χ3v) is 9.38. The molecule has 4 fully saturated rings. The summed E-state index contributed by atoms with van der Waals surface area (Å²) in [5.41, 5.74) is -4.12. The molecular weight excluding hydrogens is 560 g/mol. The van der Waals surface area contributed by atoms with E-state index in [1.54, 1.807) is 0 Å². The van der Waals surface area contributed by atoms with Crippen LogP contribution in [0.3, 0.4) is 0 Å². The number of hydrogen-bond acceptors (Lipinski definition) is 5. The van der Waals surface area contributed by atoms with E-state index in [0.717, 1.165) is 28.6 Å². The van der Waals surface area contributed by atoms with Gasteiger partial charge in [0.05, 0.1) is 44.9 Å². The molecule has 0 unspecified atom stereocenters. The van der Waals surface area contributed by atoms with Gasteiger partial charge < -0.3 is 10.0 Å². The number of carbonyl (C=O) groups excluding carboxylic acids is 2. The zero-order valence-electron chi connectivity index (χ0n) is 21.2. The van der Waals surface area contributed by atoms with Gasteiger partial charge in [0.1, 0.15) is 0 Å². The topological polar surface area (TPSA) is 105 Å². The lowest BCUT2D eigenvalue weighted by atomic mass is 9.57. The average molecular weight is 587 g/mol. The maximum atomic E-state index is 14.6. The van der Waals surface area contributed by atoms with Crippen molar-refractivity contribution in [3.05, 3.63) is 45.5 Å². The van der Waals surface area contributed by atoms with E-state index in [-0.39, 0.29) is 66.1 Å². The molecule has 13 heteroatoms. The molecule has 4 saturated carbocycles. The number of halogens is 5. The van der Waals surface area contributed by atoms with Crippen LogP contribution in [0, 0.1) is 10.8 Å². The summed E-state index contributed by atoms with van der Waals surface area (Å²) in [6, 6.07) is 0. The summed E-state index contributed by atoms with van der Waals surface area (Å²) in [4.78, 5) is 43.7. The predicted molar refractivity (Wildman–Crippen MR) is 135 cm³/mol. The second kappa shape index (κ2) is 9.47. The minimum Gasteiger partial charge on any atom is -0.481 e. The number of nitrogens with zero attached hydrogens (tertiary/aromatic N) is 4. The van der Waals surface area contributed by atoms with Gasteiger partial charge in [0.25, 0.3) is 5.91 Å². The van der Waals surface area contributed by atoms with E-state index in [4.69, 9.17) is 23.2 Å². The van der Waals surface area contributed by atoms with Crippen molar-refractivity contribution in [1.29, 1.82) is 0 Å². The number of rotatable bonds is 8. The first-order valence-electron chi connectivity index (χ1n) is 12.7. The number of carbonyl (C=O) groups is 3. The first-order chi connectivity index (χ1) is 18.2. The summed E-state index contributed by atoms with van der Waals surface area (Å²) in [6.07, 6.45) is 1.40. The Labute approximate surface area is 232 Å². The van der Waals surface area contributed by atoms with Gasteiger partial charge in [-0.1, -0.05) is 30.1 Å². The molecule has 39 heavy (non-hydrogen) atoms. The minimum absolute atomic E-state index is 0.0209. The Balaban J connectivity index is 1.50. The van der Waals surface area contributed by atoms with Gasteiger partial charge in [0, 0.05) is 18.9 Å². The van der Waals surface area contributed by atoms with Crippen molar-refractivity contribution < 1.29 is 32.7 Å². The van der Waals surface area contributed by atoms with Crippen molar-refractivity contribution in [2.24, 2.45) is 10.8 Å². The number of amides is 1. The Hall–Kier alpha value is -2.66. The monoisotopic (exact) mass is 586 g/mol. The molecule has 0 aliphatic heterocycles. The van der Waals surface area contributed by atoms with Crippen LogP contribution in [0.15, 0.2) is 18.6 Å². The largest absolute Gasteiger partial charge is 0.481 e. The summed E-state index contributed by atoms with van der Waals surface area (Å²) in [7, 11) is 0. The van der Waals surface area contributed by atoms with Crippen molar-refractivity contribution in [3.8, 4) is 0 Å². The second-order valence-electron chi connectivity index (χ2n) is 11.5. The number of ketones is 1. The first-order valence-corrected chi connectivity index (χ1v) is 13.5. The highest BCUT2D eigenvalue weighted by Crippen LogP contribution is 2.57. The van der Waals surface area contributed by atoms with Gasteiger partial charge in [0.2, 0.25) is 0 Å². The molecule has 2 aromatic heterocycles. The Kier molecular flexibility index (Phi) is 6.77. The molecule has 0 saturated heterocycles. The smallest absolute Gasteiger partial charge is 0.433 e. The molecule has 0 spiro atoms. The average Bonchev–Trinajstić information content (AvgIpc) is 3.41. The third-order valence-electron chi connectivity index (χ3n) is 8.81. The molecule has 4 aliphatic carbocycles. The van der Waals surface area contributed by atoms with Crippen molar-refractivity contribution in [3.63, 3.8) is 0 Å². The van der Waals surface area contributed by atoms with Gasteiger partial charge >= 0.3 is 12.1 Å². The number of aliphatic carboxylic acids is 1. The molecule has 0 atom stereocenters. The van der Waals surface area contributed by atoms with Gasteiger partial charge in [0.15, 0.2) is 11.5 Å². The lowest BCUT2D eigenvalue weighted by Crippen LogP contribution is -2.52. The van der Waals surface area contributed by atoms with Crippen LogP contribution in [-0.2, 0) is 16.5 Å². The Morgan fingerprint density at radius 3 is 2.05 bits per heavy atom. The fraction of sp³-hybridized carbons (Fsp3) is 0.577. The molecule has 8 nitrogen and oxygen atoms in total. The number of aromatic nitrogens is 3. The van der Waals surface area contributed by atoms with Crippen molar-refractivity contribution in [1.82, 2.24) is 19.7 Å². The molecular formula is C26H27Cl2F3N4O4. The highest BCUT2D eigenvalue weighted by atomic mass is 35.5. The summed E-state index contributed by atoms with van der Waals surface area (Å²) >= 11 is 12.2. The molecule has 4 aliphatic rings. The summed E-state index contributed by atoms with van der Waals surface area (Å²) in [5.74, 6) is -2.50. The zero-order chi connectivity index (χ0) is 28.4. The molecule has 0 aromatic carbocycles. The molecule has 2 heterocycles. The lowest BCUT2D eigenvalue weighted by molar-refractivity contribution is -0.163. The van der Waals surface area contributed by atoms with E-state index >= 15 is 0 Å². The Morgan fingerprint density at radius 1 is 1.00 bits per heavy atom. The number of fused-ring (bicyclic) bond motifs is 3. The third kappa shape index (κ3) is 4.92. The Bertz CT molecular complexity index is 1310.